The Morgan fingerprint density at radius 2 is 1.81 bits per heavy atom. The van der Waals surface area contributed by atoms with Crippen molar-refractivity contribution >= 4 is 28.8 Å². The third-order valence-electron chi connectivity index (χ3n) is 3.71. The van der Waals surface area contributed by atoms with Crippen molar-refractivity contribution in [2.24, 2.45) is 0 Å². The van der Waals surface area contributed by atoms with Crippen LogP contribution in [0.25, 0.3) is 0 Å². The van der Waals surface area contributed by atoms with Gasteiger partial charge in [0.15, 0.2) is 0 Å². The molecule has 1 amide bonds. The zero-order chi connectivity index (χ0) is 14.7. The molecule has 0 bridgehead atoms. The SMILES string of the molecule is O=C(c1ccc(Cl)cc1)N1CCN(Cc2cccs2)CC1. The van der Waals surface area contributed by atoms with E-state index in [0.717, 1.165) is 32.7 Å². The normalized spacial score (nSPS) is 16.1. The Bertz CT molecular complexity index is 589. The van der Waals surface area contributed by atoms with Crippen molar-refractivity contribution in [3.05, 3.63) is 57.2 Å². The van der Waals surface area contributed by atoms with Crippen molar-refractivity contribution in [1.82, 2.24) is 9.80 Å². The van der Waals surface area contributed by atoms with E-state index >= 15 is 0 Å². The first-order chi connectivity index (χ1) is 10.2. The summed E-state index contributed by atoms with van der Waals surface area (Å²) in [5.74, 6) is 0.0995. The Morgan fingerprint density at radius 1 is 1.10 bits per heavy atom. The lowest BCUT2D eigenvalue weighted by atomic mass is 10.2. The lowest BCUT2D eigenvalue weighted by Gasteiger charge is -2.34. The highest BCUT2D eigenvalue weighted by molar-refractivity contribution is 7.09. The summed E-state index contributed by atoms with van der Waals surface area (Å²) in [5.41, 5.74) is 0.714. The van der Waals surface area contributed by atoms with Crippen molar-refractivity contribution in [1.29, 1.82) is 0 Å². The van der Waals surface area contributed by atoms with E-state index in [9.17, 15) is 4.79 Å². The molecule has 0 unspecified atom stereocenters. The van der Waals surface area contributed by atoms with Crippen molar-refractivity contribution < 1.29 is 4.79 Å². The van der Waals surface area contributed by atoms with Gasteiger partial charge in [-0.05, 0) is 35.7 Å². The fourth-order valence-electron chi connectivity index (χ4n) is 2.51. The summed E-state index contributed by atoms with van der Waals surface area (Å²) >= 11 is 7.65. The van der Waals surface area contributed by atoms with Crippen molar-refractivity contribution in [2.45, 2.75) is 6.54 Å². The van der Waals surface area contributed by atoms with Crippen LogP contribution in [0.1, 0.15) is 15.2 Å². The average molecular weight is 321 g/mol. The number of benzene rings is 1. The number of carbonyl (C=O) groups excluding carboxylic acids is 1. The second-order valence-corrected chi connectivity index (χ2v) is 6.62. The maximum atomic E-state index is 12.4. The molecule has 110 valence electrons. The van der Waals surface area contributed by atoms with Crippen LogP contribution in [0.4, 0.5) is 0 Å². The molecule has 1 aromatic heterocycles. The molecule has 0 radical (unpaired) electrons. The number of hydrogen-bond acceptors (Lipinski definition) is 3. The summed E-state index contributed by atoms with van der Waals surface area (Å²) in [5, 5.41) is 2.77. The Labute approximate surface area is 133 Å². The minimum atomic E-state index is 0.0995. The molecule has 5 heteroatoms. The number of amides is 1. The molecule has 1 fully saturated rings. The second-order valence-electron chi connectivity index (χ2n) is 5.15. The van der Waals surface area contributed by atoms with Crippen LogP contribution in [0.2, 0.25) is 5.02 Å². The zero-order valence-electron chi connectivity index (χ0n) is 11.7. The fourth-order valence-corrected chi connectivity index (χ4v) is 3.38. The molecule has 0 saturated carbocycles. The van der Waals surface area contributed by atoms with E-state index in [4.69, 9.17) is 11.6 Å². The highest BCUT2D eigenvalue weighted by atomic mass is 35.5. The standard InChI is InChI=1S/C16H17ClN2OS/c17-14-5-3-13(4-6-14)16(20)19-9-7-18(8-10-19)12-15-2-1-11-21-15/h1-6,11H,7-10,12H2. The molecule has 2 heterocycles. The van der Waals surface area contributed by atoms with Crippen LogP contribution in [-0.2, 0) is 6.54 Å². The first-order valence-corrected chi connectivity index (χ1v) is 8.28. The number of piperazine rings is 1. The van der Waals surface area contributed by atoms with Gasteiger partial charge >= 0.3 is 0 Å². The van der Waals surface area contributed by atoms with Crippen LogP contribution >= 0.6 is 22.9 Å². The molecule has 1 aromatic carbocycles. The number of rotatable bonds is 3. The van der Waals surface area contributed by atoms with Gasteiger partial charge in [-0.3, -0.25) is 9.69 Å². The van der Waals surface area contributed by atoms with Gasteiger partial charge in [0.05, 0.1) is 0 Å². The Morgan fingerprint density at radius 3 is 2.43 bits per heavy atom. The quantitative estimate of drug-likeness (QED) is 0.865. The largest absolute Gasteiger partial charge is 0.336 e. The van der Waals surface area contributed by atoms with Crippen LogP contribution in [0.5, 0.6) is 0 Å². The van der Waals surface area contributed by atoms with E-state index in [2.05, 4.69) is 22.4 Å². The molecule has 0 N–H and O–H groups in total. The van der Waals surface area contributed by atoms with Crippen LogP contribution in [0, 0.1) is 0 Å². The Hall–Kier alpha value is -1.36. The van der Waals surface area contributed by atoms with Gasteiger partial charge in [0.1, 0.15) is 0 Å². The number of carbonyl (C=O) groups is 1. The predicted molar refractivity (Wildman–Crippen MR) is 87.0 cm³/mol. The van der Waals surface area contributed by atoms with E-state index in [1.807, 2.05) is 4.90 Å². The van der Waals surface area contributed by atoms with Gasteiger partial charge in [0, 0.05) is 48.2 Å². The lowest BCUT2D eigenvalue weighted by molar-refractivity contribution is 0.0629. The molecule has 0 aliphatic carbocycles. The molecule has 1 aliphatic heterocycles. The zero-order valence-corrected chi connectivity index (χ0v) is 13.2. The lowest BCUT2D eigenvalue weighted by Crippen LogP contribution is -2.48. The molecular weight excluding hydrogens is 304 g/mol. The van der Waals surface area contributed by atoms with E-state index in [1.54, 1.807) is 35.6 Å². The van der Waals surface area contributed by atoms with Gasteiger partial charge < -0.3 is 4.90 Å². The van der Waals surface area contributed by atoms with Gasteiger partial charge in [-0.2, -0.15) is 0 Å². The smallest absolute Gasteiger partial charge is 0.253 e. The summed E-state index contributed by atoms with van der Waals surface area (Å²) < 4.78 is 0. The summed E-state index contributed by atoms with van der Waals surface area (Å²) in [6.45, 7) is 4.41. The van der Waals surface area contributed by atoms with Gasteiger partial charge in [-0.25, -0.2) is 0 Å². The van der Waals surface area contributed by atoms with Crippen LogP contribution in [0.15, 0.2) is 41.8 Å². The summed E-state index contributed by atoms with van der Waals surface area (Å²) in [4.78, 5) is 18.1. The summed E-state index contributed by atoms with van der Waals surface area (Å²) in [6.07, 6.45) is 0. The van der Waals surface area contributed by atoms with E-state index in [1.165, 1.54) is 4.88 Å². The minimum Gasteiger partial charge on any atom is -0.336 e. The minimum absolute atomic E-state index is 0.0995. The first-order valence-electron chi connectivity index (χ1n) is 7.02. The van der Waals surface area contributed by atoms with Gasteiger partial charge in [0.25, 0.3) is 5.91 Å². The molecular formula is C16H17ClN2OS. The maximum Gasteiger partial charge on any atom is 0.253 e. The predicted octanol–water partition coefficient (Wildman–Crippen LogP) is 3.36. The van der Waals surface area contributed by atoms with E-state index < -0.39 is 0 Å². The van der Waals surface area contributed by atoms with Crippen LogP contribution < -0.4 is 0 Å². The molecule has 0 atom stereocenters. The molecule has 2 aromatic rings. The van der Waals surface area contributed by atoms with Gasteiger partial charge in [0.2, 0.25) is 0 Å². The molecule has 3 rings (SSSR count). The van der Waals surface area contributed by atoms with Crippen molar-refractivity contribution in [3.63, 3.8) is 0 Å². The Kier molecular flexibility index (Phi) is 4.58. The summed E-state index contributed by atoms with van der Waals surface area (Å²) in [6, 6.07) is 11.4. The molecule has 21 heavy (non-hydrogen) atoms. The van der Waals surface area contributed by atoms with Gasteiger partial charge in [-0.1, -0.05) is 17.7 Å². The molecule has 1 aliphatic rings. The summed E-state index contributed by atoms with van der Waals surface area (Å²) in [7, 11) is 0. The monoisotopic (exact) mass is 320 g/mol. The Balaban J connectivity index is 1.55. The third kappa shape index (κ3) is 3.64. The topological polar surface area (TPSA) is 23.6 Å². The number of nitrogens with zero attached hydrogens (tertiary/aromatic N) is 2. The van der Waals surface area contributed by atoms with Crippen LogP contribution in [-0.4, -0.2) is 41.9 Å². The highest BCUT2D eigenvalue weighted by Crippen LogP contribution is 2.16. The maximum absolute atomic E-state index is 12.4. The van der Waals surface area contributed by atoms with Crippen molar-refractivity contribution in [3.8, 4) is 0 Å². The number of hydrogen-bond donors (Lipinski definition) is 0. The van der Waals surface area contributed by atoms with E-state index in [0.29, 0.717) is 10.6 Å². The average Bonchev–Trinajstić information content (AvgIpc) is 3.01. The number of thiophene rings is 1. The van der Waals surface area contributed by atoms with Crippen molar-refractivity contribution in [2.75, 3.05) is 26.2 Å². The molecule has 0 spiro atoms. The highest BCUT2D eigenvalue weighted by Gasteiger charge is 2.22. The van der Waals surface area contributed by atoms with E-state index in [-0.39, 0.29) is 5.91 Å². The molecule has 1 saturated heterocycles. The second kappa shape index (κ2) is 6.60. The van der Waals surface area contributed by atoms with Gasteiger partial charge in [-0.15, -0.1) is 11.3 Å². The molecule has 3 nitrogen and oxygen atoms in total. The fraction of sp³-hybridized carbons (Fsp3) is 0.312. The first kappa shape index (κ1) is 14.6. The van der Waals surface area contributed by atoms with Crippen LogP contribution in [0.3, 0.4) is 0 Å². The number of halogens is 1. The third-order valence-corrected chi connectivity index (χ3v) is 4.82.